The first-order valence-corrected chi connectivity index (χ1v) is 9.42. The Hall–Kier alpha value is -2.02. The summed E-state index contributed by atoms with van der Waals surface area (Å²) in [6.07, 6.45) is 2.76. The fraction of sp³-hybridized carbons (Fsp3) is 0.438. The minimum absolute atomic E-state index is 0.0579. The van der Waals surface area contributed by atoms with Gasteiger partial charge in [0.2, 0.25) is 5.91 Å². The van der Waals surface area contributed by atoms with Crippen molar-refractivity contribution in [2.24, 2.45) is 0 Å². The number of carbonyl (C=O) groups is 1. The summed E-state index contributed by atoms with van der Waals surface area (Å²) in [5.74, 6) is 0.918. The number of hydrogen-bond acceptors (Lipinski definition) is 4. The highest BCUT2D eigenvalue weighted by Crippen LogP contribution is 2.26. The lowest BCUT2D eigenvalue weighted by atomic mass is 10.2. The molecule has 1 fully saturated rings. The number of ether oxygens (including phenoxy) is 1. The highest BCUT2D eigenvalue weighted by Gasteiger charge is 2.28. The molecule has 1 aliphatic heterocycles. The maximum Gasteiger partial charge on any atom is 0.222 e. The van der Waals surface area contributed by atoms with E-state index in [1.54, 1.807) is 7.11 Å². The van der Waals surface area contributed by atoms with Crippen LogP contribution in [0.5, 0.6) is 5.75 Å². The molecule has 124 valence electrons. The van der Waals surface area contributed by atoms with E-state index in [9.17, 15) is 13.2 Å². The number of sulfone groups is 1. The van der Waals surface area contributed by atoms with Gasteiger partial charge in [-0.05, 0) is 24.6 Å². The smallest absolute Gasteiger partial charge is 0.222 e. The number of rotatable bonds is 5. The van der Waals surface area contributed by atoms with Crippen LogP contribution in [0, 0.1) is 0 Å². The molecule has 23 heavy (non-hydrogen) atoms. The van der Waals surface area contributed by atoms with Crippen molar-refractivity contribution in [1.29, 1.82) is 0 Å². The third kappa shape index (κ3) is 3.50. The Morgan fingerprint density at radius 2 is 2.22 bits per heavy atom. The number of aryl methyl sites for hydroxylation is 1. The lowest BCUT2D eigenvalue weighted by molar-refractivity contribution is -0.121. The molecular formula is C16H20N2O4S. The second-order valence-corrected chi connectivity index (χ2v) is 8.05. The number of methoxy groups -OCH3 is 1. The Kier molecular flexibility index (Phi) is 4.30. The molecule has 2 aromatic rings. The van der Waals surface area contributed by atoms with Crippen LogP contribution in [0.25, 0.3) is 10.9 Å². The van der Waals surface area contributed by atoms with Gasteiger partial charge < -0.3 is 14.6 Å². The normalized spacial score (nSPS) is 19.8. The second-order valence-electron chi connectivity index (χ2n) is 5.82. The van der Waals surface area contributed by atoms with Gasteiger partial charge in [0.05, 0.1) is 24.1 Å². The van der Waals surface area contributed by atoms with Gasteiger partial charge >= 0.3 is 0 Å². The van der Waals surface area contributed by atoms with Crippen LogP contribution in [0.1, 0.15) is 12.8 Å². The molecule has 3 rings (SSSR count). The zero-order valence-electron chi connectivity index (χ0n) is 13.0. The highest BCUT2D eigenvalue weighted by molar-refractivity contribution is 7.91. The quantitative estimate of drug-likeness (QED) is 0.894. The number of carbonyl (C=O) groups excluding carboxylic acids is 1. The third-order valence-corrected chi connectivity index (χ3v) is 5.94. The van der Waals surface area contributed by atoms with Crippen molar-refractivity contribution < 1.29 is 17.9 Å². The molecule has 0 radical (unpaired) electrons. The molecule has 0 unspecified atom stereocenters. The van der Waals surface area contributed by atoms with Gasteiger partial charge in [-0.25, -0.2) is 8.42 Å². The van der Waals surface area contributed by atoms with Crippen molar-refractivity contribution in [3.8, 4) is 5.75 Å². The number of benzene rings is 1. The van der Waals surface area contributed by atoms with Crippen molar-refractivity contribution in [2.75, 3.05) is 18.6 Å². The van der Waals surface area contributed by atoms with Crippen molar-refractivity contribution in [1.82, 2.24) is 9.88 Å². The fourth-order valence-corrected chi connectivity index (χ4v) is 4.67. The maximum atomic E-state index is 12.0. The van der Waals surface area contributed by atoms with Gasteiger partial charge in [0.15, 0.2) is 9.84 Å². The Balaban J connectivity index is 1.61. The molecular weight excluding hydrogens is 316 g/mol. The molecule has 1 N–H and O–H groups in total. The predicted octanol–water partition coefficient (Wildman–Crippen LogP) is 1.34. The topological polar surface area (TPSA) is 77.4 Å². The van der Waals surface area contributed by atoms with Gasteiger partial charge in [0.25, 0.3) is 0 Å². The number of amides is 1. The zero-order valence-corrected chi connectivity index (χ0v) is 13.8. The van der Waals surface area contributed by atoms with Gasteiger partial charge in [-0.2, -0.15) is 0 Å². The van der Waals surface area contributed by atoms with Crippen LogP contribution in [-0.4, -0.2) is 43.5 Å². The minimum atomic E-state index is -2.97. The van der Waals surface area contributed by atoms with Crippen LogP contribution in [0.2, 0.25) is 0 Å². The number of hydrogen-bond donors (Lipinski definition) is 1. The number of fused-ring (bicyclic) bond motifs is 1. The summed E-state index contributed by atoms with van der Waals surface area (Å²) in [4.78, 5) is 12.0. The first kappa shape index (κ1) is 15.9. The Morgan fingerprint density at radius 1 is 1.39 bits per heavy atom. The molecule has 0 saturated carbocycles. The third-order valence-electron chi connectivity index (χ3n) is 4.17. The maximum absolute atomic E-state index is 12.0. The summed E-state index contributed by atoms with van der Waals surface area (Å²) in [5, 5.41) is 3.82. The molecule has 1 atom stereocenters. The molecule has 7 heteroatoms. The highest BCUT2D eigenvalue weighted by atomic mass is 32.2. The Morgan fingerprint density at radius 3 is 2.91 bits per heavy atom. The van der Waals surface area contributed by atoms with E-state index in [2.05, 4.69) is 5.32 Å². The van der Waals surface area contributed by atoms with Crippen molar-refractivity contribution in [2.45, 2.75) is 25.4 Å². The number of aromatic nitrogens is 1. The van der Waals surface area contributed by atoms with Crippen LogP contribution in [0.4, 0.5) is 0 Å². The zero-order chi connectivity index (χ0) is 16.4. The van der Waals surface area contributed by atoms with E-state index in [0.717, 1.165) is 16.7 Å². The van der Waals surface area contributed by atoms with Crippen molar-refractivity contribution >= 4 is 26.6 Å². The van der Waals surface area contributed by atoms with Crippen LogP contribution in [0.3, 0.4) is 0 Å². The molecule has 6 nitrogen and oxygen atoms in total. The number of nitrogens with one attached hydrogen (secondary N) is 1. The average Bonchev–Trinajstić information content (AvgIpc) is 3.08. The van der Waals surface area contributed by atoms with E-state index in [1.165, 1.54) is 0 Å². The molecule has 0 aliphatic carbocycles. The molecule has 0 spiro atoms. The summed E-state index contributed by atoms with van der Waals surface area (Å²) in [7, 11) is -1.34. The first-order valence-electron chi connectivity index (χ1n) is 7.60. The Labute approximate surface area is 135 Å². The van der Waals surface area contributed by atoms with Gasteiger partial charge in [-0.3, -0.25) is 4.79 Å². The van der Waals surface area contributed by atoms with Crippen molar-refractivity contribution in [3.63, 3.8) is 0 Å². The second kappa shape index (κ2) is 6.23. The van der Waals surface area contributed by atoms with Gasteiger partial charge in [-0.15, -0.1) is 0 Å². The molecule has 1 aromatic heterocycles. The summed E-state index contributed by atoms with van der Waals surface area (Å²) in [6, 6.07) is 7.53. The SMILES string of the molecule is COc1cccc2c1ccn2CCC(=O)N[C@H]1CCS(=O)(=O)C1. The summed E-state index contributed by atoms with van der Waals surface area (Å²) < 4.78 is 30.1. The summed E-state index contributed by atoms with van der Waals surface area (Å²) in [5.41, 5.74) is 1.01. The standard InChI is InChI=1S/C16H20N2O4S/c1-22-15-4-2-3-14-13(15)5-8-18(14)9-6-16(19)17-12-7-10-23(20,21)11-12/h2-5,8,12H,6-7,9-11H2,1H3,(H,17,19)/t12-/m0/s1. The van der Waals surface area contributed by atoms with E-state index in [1.807, 2.05) is 35.0 Å². The first-order chi connectivity index (χ1) is 11.0. The van der Waals surface area contributed by atoms with Crippen molar-refractivity contribution in [3.05, 3.63) is 30.5 Å². The number of nitrogens with zero attached hydrogens (tertiary/aromatic N) is 1. The average molecular weight is 336 g/mol. The van der Waals surface area contributed by atoms with Crippen LogP contribution >= 0.6 is 0 Å². The monoisotopic (exact) mass is 336 g/mol. The van der Waals surface area contributed by atoms with Gasteiger partial charge in [0, 0.05) is 30.6 Å². The van der Waals surface area contributed by atoms with Gasteiger partial charge in [-0.1, -0.05) is 6.07 Å². The molecule has 2 heterocycles. The lowest BCUT2D eigenvalue weighted by Gasteiger charge is -2.11. The predicted molar refractivity (Wildman–Crippen MR) is 88.3 cm³/mol. The van der Waals surface area contributed by atoms with Crippen LogP contribution in [-0.2, 0) is 21.2 Å². The molecule has 1 saturated heterocycles. The van der Waals surface area contributed by atoms with E-state index < -0.39 is 9.84 Å². The molecule has 1 amide bonds. The lowest BCUT2D eigenvalue weighted by Crippen LogP contribution is -2.35. The molecule has 0 bridgehead atoms. The summed E-state index contributed by atoms with van der Waals surface area (Å²) in [6.45, 7) is 0.544. The Bertz CT molecular complexity index is 826. The molecule has 1 aliphatic rings. The van der Waals surface area contributed by atoms with Gasteiger partial charge in [0.1, 0.15) is 5.75 Å². The fourth-order valence-electron chi connectivity index (χ4n) is 3.00. The van der Waals surface area contributed by atoms with E-state index in [0.29, 0.717) is 19.4 Å². The minimum Gasteiger partial charge on any atom is -0.496 e. The largest absolute Gasteiger partial charge is 0.496 e. The van der Waals surface area contributed by atoms with E-state index in [-0.39, 0.29) is 23.5 Å². The molecule has 1 aromatic carbocycles. The van der Waals surface area contributed by atoms with Crippen LogP contribution < -0.4 is 10.1 Å². The van der Waals surface area contributed by atoms with E-state index in [4.69, 9.17) is 4.74 Å². The summed E-state index contributed by atoms with van der Waals surface area (Å²) >= 11 is 0. The van der Waals surface area contributed by atoms with E-state index >= 15 is 0 Å². The van der Waals surface area contributed by atoms with Crippen LogP contribution in [0.15, 0.2) is 30.5 Å².